The van der Waals surface area contributed by atoms with Crippen LogP contribution in [-0.2, 0) is 6.54 Å². The van der Waals surface area contributed by atoms with E-state index in [1.807, 2.05) is 12.4 Å². The molecule has 0 aliphatic heterocycles. The highest BCUT2D eigenvalue weighted by Gasteiger charge is 2.26. The Kier molecular flexibility index (Phi) is 5.85. The lowest BCUT2D eigenvalue weighted by Crippen LogP contribution is -2.43. The van der Waals surface area contributed by atoms with Crippen LogP contribution >= 0.6 is 0 Å². The molecule has 0 amide bonds. The van der Waals surface area contributed by atoms with Crippen molar-refractivity contribution in [2.24, 2.45) is 11.7 Å². The van der Waals surface area contributed by atoms with Crippen LogP contribution < -0.4 is 5.73 Å². The average Bonchev–Trinajstić information content (AvgIpc) is 2.57. The molecule has 1 aromatic heterocycles. The number of nitrogens with zero attached hydrogens (tertiary/aromatic N) is 2. The van der Waals surface area contributed by atoms with Crippen molar-refractivity contribution in [3.63, 3.8) is 0 Å². The Hall–Kier alpha value is -0.930. The highest BCUT2D eigenvalue weighted by atomic mass is 15.2. The van der Waals surface area contributed by atoms with Gasteiger partial charge in [0, 0.05) is 37.6 Å². The van der Waals surface area contributed by atoms with Gasteiger partial charge in [-0.15, -0.1) is 0 Å². The van der Waals surface area contributed by atoms with Crippen LogP contribution in [0.4, 0.5) is 0 Å². The second-order valence-electron chi connectivity index (χ2n) is 7.36. The van der Waals surface area contributed by atoms with E-state index < -0.39 is 0 Å². The minimum absolute atomic E-state index is 0.439. The van der Waals surface area contributed by atoms with Crippen molar-refractivity contribution in [3.05, 3.63) is 30.1 Å². The lowest BCUT2D eigenvalue weighted by atomic mass is 9.86. The summed E-state index contributed by atoms with van der Waals surface area (Å²) in [5.41, 5.74) is 7.51. The van der Waals surface area contributed by atoms with E-state index in [9.17, 15) is 0 Å². The Morgan fingerprint density at radius 1 is 0.955 bits per heavy atom. The minimum Gasteiger partial charge on any atom is -0.328 e. The van der Waals surface area contributed by atoms with Crippen molar-refractivity contribution in [1.29, 1.82) is 0 Å². The van der Waals surface area contributed by atoms with Crippen LogP contribution in [0.3, 0.4) is 0 Å². The van der Waals surface area contributed by atoms with Crippen molar-refractivity contribution in [2.75, 3.05) is 6.54 Å². The molecule has 0 atom stereocenters. The molecule has 2 fully saturated rings. The highest BCUT2D eigenvalue weighted by molar-refractivity contribution is 5.09. The molecule has 0 aromatic carbocycles. The van der Waals surface area contributed by atoms with E-state index in [2.05, 4.69) is 22.0 Å². The van der Waals surface area contributed by atoms with E-state index in [1.54, 1.807) is 0 Å². The van der Waals surface area contributed by atoms with Crippen LogP contribution in [0.2, 0.25) is 0 Å². The van der Waals surface area contributed by atoms with Crippen LogP contribution in [0.5, 0.6) is 0 Å². The standard InChI is InChI=1S/C19H31N3/c20-18-6-8-19(9-7-18)22(14-16-4-2-1-3-5-16)15-17-10-12-21-13-11-17/h10-13,16,18-19H,1-9,14-15,20H2. The summed E-state index contributed by atoms with van der Waals surface area (Å²) in [6.07, 6.45) is 16.0. The van der Waals surface area contributed by atoms with Crippen LogP contribution in [0.1, 0.15) is 63.4 Å². The third-order valence-corrected chi connectivity index (χ3v) is 5.61. The van der Waals surface area contributed by atoms with Gasteiger partial charge in [0.1, 0.15) is 0 Å². The summed E-state index contributed by atoms with van der Waals surface area (Å²) in [5, 5.41) is 0. The Morgan fingerprint density at radius 2 is 1.64 bits per heavy atom. The maximum Gasteiger partial charge on any atom is 0.0271 e. The summed E-state index contributed by atoms with van der Waals surface area (Å²) < 4.78 is 0. The topological polar surface area (TPSA) is 42.1 Å². The van der Waals surface area contributed by atoms with E-state index in [-0.39, 0.29) is 0 Å². The molecule has 1 aromatic rings. The molecule has 0 spiro atoms. The molecular weight excluding hydrogens is 270 g/mol. The lowest BCUT2D eigenvalue weighted by molar-refractivity contribution is 0.109. The number of nitrogens with two attached hydrogens (primary N) is 1. The highest BCUT2D eigenvalue weighted by Crippen LogP contribution is 2.29. The zero-order valence-corrected chi connectivity index (χ0v) is 13.8. The molecule has 0 unspecified atom stereocenters. The quantitative estimate of drug-likeness (QED) is 0.901. The number of pyridine rings is 1. The lowest BCUT2D eigenvalue weighted by Gasteiger charge is -2.39. The molecule has 3 heteroatoms. The van der Waals surface area contributed by atoms with Gasteiger partial charge in [0.25, 0.3) is 0 Å². The van der Waals surface area contributed by atoms with Gasteiger partial charge in [0.15, 0.2) is 0 Å². The minimum atomic E-state index is 0.439. The second-order valence-corrected chi connectivity index (χ2v) is 7.36. The van der Waals surface area contributed by atoms with E-state index in [0.29, 0.717) is 6.04 Å². The van der Waals surface area contributed by atoms with Crippen LogP contribution in [-0.4, -0.2) is 28.5 Å². The zero-order chi connectivity index (χ0) is 15.2. The van der Waals surface area contributed by atoms with Gasteiger partial charge in [-0.1, -0.05) is 19.3 Å². The normalized spacial score (nSPS) is 27.2. The number of rotatable bonds is 5. The molecule has 0 radical (unpaired) electrons. The summed E-state index contributed by atoms with van der Waals surface area (Å²) in [4.78, 5) is 6.92. The second kappa shape index (κ2) is 8.07. The van der Waals surface area contributed by atoms with Crippen LogP contribution in [0, 0.1) is 5.92 Å². The van der Waals surface area contributed by atoms with Crippen molar-refractivity contribution < 1.29 is 0 Å². The molecule has 2 N–H and O–H groups in total. The first kappa shape index (κ1) is 15.9. The monoisotopic (exact) mass is 301 g/mol. The average molecular weight is 301 g/mol. The fourth-order valence-corrected chi connectivity index (χ4v) is 4.23. The smallest absolute Gasteiger partial charge is 0.0271 e. The predicted octanol–water partition coefficient (Wildman–Crippen LogP) is 3.73. The first-order chi connectivity index (χ1) is 10.8. The molecule has 2 aliphatic rings. The van der Waals surface area contributed by atoms with Crippen LogP contribution in [0.15, 0.2) is 24.5 Å². The summed E-state index contributed by atoms with van der Waals surface area (Å²) in [7, 11) is 0. The Labute approximate surface area is 135 Å². The molecule has 2 saturated carbocycles. The predicted molar refractivity (Wildman–Crippen MR) is 91.5 cm³/mol. The Balaban J connectivity index is 1.64. The van der Waals surface area contributed by atoms with Crippen molar-refractivity contribution in [1.82, 2.24) is 9.88 Å². The molecule has 1 heterocycles. The zero-order valence-electron chi connectivity index (χ0n) is 13.8. The summed E-state index contributed by atoms with van der Waals surface area (Å²) in [5.74, 6) is 0.909. The van der Waals surface area contributed by atoms with Gasteiger partial charge in [-0.3, -0.25) is 9.88 Å². The van der Waals surface area contributed by atoms with Gasteiger partial charge in [-0.05, 0) is 62.1 Å². The van der Waals surface area contributed by atoms with Gasteiger partial charge in [0.2, 0.25) is 0 Å². The number of aromatic nitrogens is 1. The molecule has 2 aliphatic carbocycles. The van der Waals surface area contributed by atoms with Gasteiger partial charge in [-0.2, -0.15) is 0 Å². The maximum atomic E-state index is 6.11. The fraction of sp³-hybridized carbons (Fsp3) is 0.737. The van der Waals surface area contributed by atoms with E-state index in [0.717, 1.165) is 18.5 Å². The molecule has 0 bridgehead atoms. The maximum absolute atomic E-state index is 6.11. The van der Waals surface area contributed by atoms with E-state index in [4.69, 9.17) is 5.73 Å². The molecule has 3 rings (SSSR count). The van der Waals surface area contributed by atoms with Crippen LogP contribution in [0.25, 0.3) is 0 Å². The summed E-state index contributed by atoms with van der Waals surface area (Å²) in [6, 6.07) is 5.51. The van der Waals surface area contributed by atoms with Gasteiger partial charge < -0.3 is 5.73 Å². The van der Waals surface area contributed by atoms with E-state index >= 15 is 0 Å². The third kappa shape index (κ3) is 4.53. The third-order valence-electron chi connectivity index (χ3n) is 5.61. The molecule has 22 heavy (non-hydrogen) atoms. The summed E-state index contributed by atoms with van der Waals surface area (Å²) in [6.45, 7) is 2.36. The Bertz CT molecular complexity index is 420. The molecular formula is C19H31N3. The van der Waals surface area contributed by atoms with E-state index in [1.165, 1.54) is 69.9 Å². The molecule has 3 nitrogen and oxygen atoms in total. The molecule has 122 valence electrons. The van der Waals surface area contributed by atoms with Crippen molar-refractivity contribution >= 4 is 0 Å². The van der Waals surface area contributed by atoms with Gasteiger partial charge in [-0.25, -0.2) is 0 Å². The number of hydrogen-bond acceptors (Lipinski definition) is 3. The van der Waals surface area contributed by atoms with Crippen molar-refractivity contribution in [3.8, 4) is 0 Å². The first-order valence-corrected chi connectivity index (χ1v) is 9.20. The Morgan fingerprint density at radius 3 is 2.32 bits per heavy atom. The van der Waals surface area contributed by atoms with Gasteiger partial charge >= 0.3 is 0 Å². The van der Waals surface area contributed by atoms with Crippen molar-refractivity contribution in [2.45, 2.75) is 76.4 Å². The SMILES string of the molecule is NC1CCC(N(Cc2ccncc2)CC2CCCCC2)CC1. The first-order valence-electron chi connectivity index (χ1n) is 9.20. The van der Waals surface area contributed by atoms with Gasteiger partial charge in [0.05, 0.1) is 0 Å². The fourth-order valence-electron chi connectivity index (χ4n) is 4.23. The molecule has 0 saturated heterocycles. The summed E-state index contributed by atoms with van der Waals surface area (Å²) >= 11 is 0. The largest absolute Gasteiger partial charge is 0.328 e. The number of hydrogen-bond donors (Lipinski definition) is 1.